The summed E-state index contributed by atoms with van der Waals surface area (Å²) >= 11 is 0. The number of hydrogen-bond acceptors (Lipinski definition) is 2. The highest BCUT2D eigenvalue weighted by Crippen LogP contribution is 2.18. The van der Waals surface area contributed by atoms with Gasteiger partial charge in [0.25, 0.3) is 0 Å². The van der Waals surface area contributed by atoms with E-state index >= 15 is 0 Å². The smallest absolute Gasteiger partial charge is 0.235 e. The second kappa shape index (κ2) is 2.77. The summed E-state index contributed by atoms with van der Waals surface area (Å²) in [6.45, 7) is 0. The molecule has 1 aliphatic rings. The van der Waals surface area contributed by atoms with Crippen molar-refractivity contribution in [2.75, 3.05) is 0 Å². The molecule has 0 saturated heterocycles. The van der Waals surface area contributed by atoms with Gasteiger partial charge in [-0.05, 0) is 11.6 Å². The summed E-state index contributed by atoms with van der Waals surface area (Å²) in [5, 5.41) is 2.62. The summed E-state index contributed by atoms with van der Waals surface area (Å²) in [6, 6.07) is 3.72. The number of aromatic nitrogens is 1. The number of nitrogens with zero attached hydrogens (tertiary/aromatic N) is 1. The van der Waals surface area contributed by atoms with Crippen LogP contribution in [0.15, 0.2) is 36.8 Å². The summed E-state index contributed by atoms with van der Waals surface area (Å²) < 4.78 is 0. The molecule has 0 aliphatic carbocycles. The van der Waals surface area contributed by atoms with Gasteiger partial charge in [-0.25, -0.2) is 0 Å². The maximum atomic E-state index is 11.2. The van der Waals surface area contributed by atoms with E-state index in [-0.39, 0.29) is 11.8 Å². The monoisotopic (exact) mass is 160 g/mol. The number of nitrogens with one attached hydrogen (secondary N) is 1. The van der Waals surface area contributed by atoms with E-state index in [1.165, 1.54) is 0 Å². The molecule has 1 aromatic rings. The Morgan fingerprint density at radius 2 is 2.42 bits per heavy atom. The lowest BCUT2D eigenvalue weighted by molar-refractivity contribution is -0.119. The number of carbonyl (C=O) groups excluding carboxylic acids is 1. The van der Waals surface area contributed by atoms with Crippen molar-refractivity contribution in [2.45, 2.75) is 5.92 Å². The Labute approximate surface area is 70.1 Å². The van der Waals surface area contributed by atoms with Crippen LogP contribution >= 0.6 is 0 Å². The van der Waals surface area contributed by atoms with E-state index in [1.807, 2.05) is 18.2 Å². The van der Waals surface area contributed by atoms with Gasteiger partial charge in [-0.2, -0.15) is 0 Å². The van der Waals surface area contributed by atoms with Crippen molar-refractivity contribution >= 4 is 5.91 Å². The van der Waals surface area contributed by atoms with Crippen molar-refractivity contribution in [2.24, 2.45) is 0 Å². The predicted octanol–water partition coefficient (Wildman–Crippen LogP) is 0.809. The molecule has 1 aliphatic heterocycles. The first kappa shape index (κ1) is 7.03. The summed E-state index contributed by atoms with van der Waals surface area (Å²) in [6.07, 6.45) is 6.90. The summed E-state index contributed by atoms with van der Waals surface area (Å²) in [4.78, 5) is 15.1. The lowest BCUT2D eigenvalue weighted by Crippen LogP contribution is -2.17. The molecule has 2 rings (SSSR count). The van der Waals surface area contributed by atoms with Crippen molar-refractivity contribution in [3.63, 3.8) is 0 Å². The zero-order chi connectivity index (χ0) is 8.39. The first-order chi connectivity index (χ1) is 5.88. The van der Waals surface area contributed by atoms with Gasteiger partial charge in [0.15, 0.2) is 0 Å². The Kier molecular flexibility index (Phi) is 1.63. The highest BCUT2D eigenvalue weighted by molar-refractivity contribution is 5.88. The van der Waals surface area contributed by atoms with E-state index in [0.717, 1.165) is 5.56 Å². The zero-order valence-electron chi connectivity index (χ0n) is 6.40. The molecule has 0 fully saturated rings. The normalized spacial score (nSPS) is 21.0. The maximum absolute atomic E-state index is 11.2. The average Bonchev–Trinajstić information content (AvgIpc) is 2.53. The third kappa shape index (κ3) is 1.09. The molecule has 12 heavy (non-hydrogen) atoms. The molecule has 0 aromatic carbocycles. The third-order valence-corrected chi connectivity index (χ3v) is 1.84. The van der Waals surface area contributed by atoms with Crippen LogP contribution in [0.4, 0.5) is 0 Å². The summed E-state index contributed by atoms with van der Waals surface area (Å²) in [7, 11) is 0. The summed E-state index contributed by atoms with van der Waals surface area (Å²) in [5.41, 5.74) is 0.934. The van der Waals surface area contributed by atoms with Gasteiger partial charge in [0.05, 0.1) is 5.92 Å². The van der Waals surface area contributed by atoms with Crippen LogP contribution in [-0.2, 0) is 4.79 Å². The van der Waals surface area contributed by atoms with Crippen LogP contribution in [0.2, 0.25) is 0 Å². The van der Waals surface area contributed by atoms with Crippen molar-refractivity contribution in [3.05, 3.63) is 42.4 Å². The Hall–Kier alpha value is -1.64. The number of carbonyl (C=O) groups is 1. The average molecular weight is 160 g/mol. The van der Waals surface area contributed by atoms with Crippen molar-refractivity contribution in [1.82, 2.24) is 10.3 Å². The quantitative estimate of drug-likeness (QED) is 0.660. The molecule has 1 atom stereocenters. The minimum atomic E-state index is -0.154. The molecule has 1 N–H and O–H groups in total. The van der Waals surface area contributed by atoms with Crippen LogP contribution in [0.1, 0.15) is 11.5 Å². The fourth-order valence-corrected chi connectivity index (χ4v) is 1.23. The van der Waals surface area contributed by atoms with Crippen LogP contribution in [0, 0.1) is 0 Å². The van der Waals surface area contributed by atoms with Gasteiger partial charge in [0.2, 0.25) is 5.91 Å². The van der Waals surface area contributed by atoms with E-state index in [2.05, 4.69) is 10.3 Å². The van der Waals surface area contributed by atoms with Crippen molar-refractivity contribution in [3.8, 4) is 0 Å². The Morgan fingerprint density at radius 3 is 3.00 bits per heavy atom. The predicted molar refractivity (Wildman–Crippen MR) is 44.3 cm³/mol. The Balaban J connectivity index is 2.31. The minimum Gasteiger partial charge on any atom is -0.332 e. The molecule has 2 heterocycles. The van der Waals surface area contributed by atoms with Crippen molar-refractivity contribution in [1.29, 1.82) is 0 Å². The third-order valence-electron chi connectivity index (χ3n) is 1.84. The number of amides is 1. The number of hydrogen-bond donors (Lipinski definition) is 1. The lowest BCUT2D eigenvalue weighted by Gasteiger charge is -2.03. The van der Waals surface area contributed by atoms with E-state index in [1.54, 1.807) is 18.6 Å². The largest absolute Gasteiger partial charge is 0.332 e. The molecule has 0 bridgehead atoms. The molecule has 0 spiro atoms. The van der Waals surface area contributed by atoms with E-state index in [0.29, 0.717) is 0 Å². The molecule has 60 valence electrons. The molecule has 3 nitrogen and oxygen atoms in total. The standard InChI is InChI=1S/C9H8N2O/c12-9-8(3-5-11-9)7-2-1-4-10-6-7/h1-6,8H,(H,11,12). The van der Waals surface area contributed by atoms with Gasteiger partial charge in [0, 0.05) is 18.6 Å². The van der Waals surface area contributed by atoms with Gasteiger partial charge in [0.1, 0.15) is 0 Å². The molecular weight excluding hydrogens is 152 g/mol. The number of rotatable bonds is 1. The fourth-order valence-electron chi connectivity index (χ4n) is 1.23. The molecule has 1 amide bonds. The fraction of sp³-hybridized carbons (Fsp3) is 0.111. The van der Waals surface area contributed by atoms with Crippen LogP contribution in [-0.4, -0.2) is 10.9 Å². The van der Waals surface area contributed by atoms with E-state index in [4.69, 9.17) is 0 Å². The second-order valence-corrected chi connectivity index (χ2v) is 2.63. The van der Waals surface area contributed by atoms with Crippen LogP contribution < -0.4 is 5.32 Å². The van der Waals surface area contributed by atoms with E-state index in [9.17, 15) is 4.79 Å². The van der Waals surface area contributed by atoms with Gasteiger partial charge in [-0.15, -0.1) is 0 Å². The van der Waals surface area contributed by atoms with Gasteiger partial charge >= 0.3 is 0 Å². The molecule has 1 aromatic heterocycles. The highest BCUT2D eigenvalue weighted by Gasteiger charge is 2.20. The number of pyridine rings is 1. The molecular formula is C9H8N2O. The van der Waals surface area contributed by atoms with Gasteiger partial charge in [-0.1, -0.05) is 12.1 Å². The molecule has 0 saturated carbocycles. The highest BCUT2D eigenvalue weighted by atomic mass is 16.2. The first-order valence-electron chi connectivity index (χ1n) is 3.75. The van der Waals surface area contributed by atoms with Crippen LogP contribution in [0.5, 0.6) is 0 Å². The Morgan fingerprint density at radius 1 is 1.50 bits per heavy atom. The summed E-state index contributed by atoms with van der Waals surface area (Å²) in [5.74, 6) is -0.137. The molecule has 0 radical (unpaired) electrons. The first-order valence-corrected chi connectivity index (χ1v) is 3.75. The van der Waals surface area contributed by atoms with E-state index < -0.39 is 0 Å². The van der Waals surface area contributed by atoms with Crippen LogP contribution in [0.3, 0.4) is 0 Å². The SMILES string of the molecule is O=C1NC=CC1c1cccnc1. The topological polar surface area (TPSA) is 42.0 Å². The van der Waals surface area contributed by atoms with Crippen LogP contribution in [0.25, 0.3) is 0 Å². The minimum absolute atomic E-state index is 0.0167. The zero-order valence-corrected chi connectivity index (χ0v) is 6.40. The van der Waals surface area contributed by atoms with Gasteiger partial charge < -0.3 is 5.32 Å². The molecule has 1 unspecified atom stereocenters. The van der Waals surface area contributed by atoms with Gasteiger partial charge in [-0.3, -0.25) is 9.78 Å². The Bertz CT molecular complexity index is 319. The molecule has 3 heteroatoms. The second-order valence-electron chi connectivity index (χ2n) is 2.63. The lowest BCUT2D eigenvalue weighted by atomic mass is 10.0. The maximum Gasteiger partial charge on any atom is 0.235 e. The van der Waals surface area contributed by atoms with Crippen molar-refractivity contribution < 1.29 is 4.79 Å².